The van der Waals surface area contributed by atoms with Crippen LogP contribution in [0.1, 0.15) is 41.0 Å². The summed E-state index contributed by atoms with van der Waals surface area (Å²) in [6, 6.07) is 16.9. The number of β-amino-alcohol motifs (C(OH)–C–C–N with tert-alkyl or cyclic N) is 1. The Morgan fingerprint density at radius 1 is 1.05 bits per heavy atom. The van der Waals surface area contributed by atoms with E-state index in [2.05, 4.69) is 61.6 Å². The van der Waals surface area contributed by atoms with Crippen LogP contribution >= 0.6 is 0 Å². The highest BCUT2D eigenvalue weighted by Crippen LogP contribution is 2.40. The van der Waals surface area contributed by atoms with Crippen molar-refractivity contribution in [2.45, 2.75) is 38.2 Å². The Bertz CT molecular complexity index is 629. The lowest BCUT2D eigenvalue weighted by molar-refractivity contribution is 0.00105. The molecule has 1 fully saturated rings. The van der Waals surface area contributed by atoms with Crippen molar-refractivity contribution in [2.75, 3.05) is 13.1 Å². The number of nitrogens with one attached hydrogen (secondary N) is 1. The van der Waals surface area contributed by atoms with Crippen molar-refractivity contribution >= 4 is 0 Å². The lowest BCUT2D eigenvalue weighted by Gasteiger charge is -2.41. The highest BCUT2D eigenvalue weighted by Gasteiger charge is 2.40. The molecule has 1 saturated heterocycles. The van der Waals surface area contributed by atoms with Crippen molar-refractivity contribution in [1.82, 2.24) is 5.32 Å². The fourth-order valence-electron chi connectivity index (χ4n) is 3.67. The average molecular weight is 295 g/mol. The molecule has 2 heteroatoms. The second-order valence-corrected chi connectivity index (χ2v) is 6.52. The van der Waals surface area contributed by atoms with E-state index >= 15 is 0 Å². The van der Waals surface area contributed by atoms with Gasteiger partial charge in [-0.25, -0.2) is 0 Å². The van der Waals surface area contributed by atoms with E-state index in [1.807, 2.05) is 6.07 Å². The van der Waals surface area contributed by atoms with Crippen LogP contribution in [-0.4, -0.2) is 23.8 Å². The third-order valence-electron chi connectivity index (χ3n) is 5.02. The minimum atomic E-state index is -0.724. The van der Waals surface area contributed by atoms with Crippen molar-refractivity contribution < 1.29 is 5.11 Å². The summed E-state index contributed by atoms with van der Waals surface area (Å²) in [4.78, 5) is 0. The van der Waals surface area contributed by atoms with Crippen molar-refractivity contribution in [1.29, 1.82) is 0 Å². The Labute approximate surface area is 133 Å². The number of hydrogen-bond donors (Lipinski definition) is 2. The van der Waals surface area contributed by atoms with Crippen LogP contribution in [0.4, 0.5) is 0 Å². The van der Waals surface area contributed by atoms with Gasteiger partial charge in [0, 0.05) is 12.5 Å². The van der Waals surface area contributed by atoms with Crippen molar-refractivity contribution in [3.63, 3.8) is 0 Å². The second-order valence-electron chi connectivity index (χ2n) is 6.52. The predicted molar refractivity (Wildman–Crippen MR) is 91.3 cm³/mol. The molecule has 2 unspecified atom stereocenters. The maximum absolute atomic E-state index is 11.4. The van der Waals surface area contributed by atoms with Crippen LogP contribution < -0.4 is 5.32 Å². The minimum absolute atomic E-state index is 0.0152. The monoisotopic (exact) mass is 295 g/mol. The fraction of sp³-hybridized carbons (Fsp3) is 0.400. The van der Waals surface area contributed by atoms with Gasteiger partial charge in [0.1, 0.15) is 0 Å². The van der Waals surface area contributed by atoms with E-state index in [-0.39, 0.29) is 5.92 Å². The van der Waals surface area contributed by atoms with E-state index in [0.717, 1.165) is 19.4 Å². The zero-order valence-corrected chi connectivity index (χ0v) is 13.5. The first-order valence-corrected chi connectivity index (χ1v) is 8.16. The van der Waals surface area contributed by atoms with Gasteiger partial charge in [0.05, 0.1) is 5.60 Å². The van der Waals surface area contributed by atoms with Gasteiger partial charge >= 0.3 is 0 Å². The lowest BCUT2D eigenvalue weighted by atomic mass is 9.72. The molecule has 0 aromatic heterocycles. The van der Waals surface area contributed by atoms with Crippen molar-refractivity contribution in [3.05, 3.63) is 70.8 Å². The Balaban J connectivity index is 2.13. The molecule has 0 bridgehead atoms. The SMILES string of the molecule is Cc1cccc(C(c2ccccc2)C2(O)CCCNC2)c1C. The number of aryl methyl sites for hydroxylation is 1. The zero-order valence-electron chi connectivity index (χ0n) is 13.5. The maximum Gasteiger partial charge on any atom is 0.0880 e. The highest BCUT2D eigenvalue weighted by molar-refractivity contribution is 5.43. The largest absolute Gasteiger partial charge is 0.388 e. The Hall–Kier alpha value is -1.64. The van der Waals surface area contributed by atoms with Crippen LogP contribution in [0.3, 0.4) is 0 Å². The first kappa shape index (κ1) is 15.3. The van der Waals surface area contributed by atoms with Gasteiger partial charge in [0.2, 0.25) is 0 Å². The molecule has 2 N–H and O–H groups in total. The Morgan fingerprint density at radius 2 is 1.82 bits per heavy atom. The molecular weight excluding hydrogens is 270 g/mol. The average Bonchev–Trinajstić information content (AvgIpc) is 2.53. The van der Waals surface area contributed by atoms with E-state index < -0.39 is 5.60 Å². The standard InChI is InChI=1S/C20H25NO/c1-15-8-6-11-18(16(15)2)19(17-9-4-3-5-10-17)20(22)12-7-13-21-14-20/h3-6,8-11,19,21-22H,7,12-14H2,1-2H3. The van der Waals surface area contributed by atoms with Gasteiger partial charge in [-0.3, -0.25) is 0 Å². The number of piperidine rings is 1. The van der Waals surface area contributed by atoms with Crippen LogP contribution in [0.5, 0.6) is 0 Å². The Morgan fingerprint density at radius 3 is 2.50 bits per heavy atom. The number of hydrogen-bond acceptors (Lipinski definition) is 2. The summed E-state index contributed by atoms with van der Waals surface area (Å²) < 4.78 is 0. The first-order chi connectivity index (χ1) is 10.6. The smallest absolute Gasteiger partial charge is 0.0880 e. The van der Waals surface area contributed by atoms with E-state index in [0.29, 0.717) is 6.54 Å². The first-order valence-electron chi connectivity index (χ1n) is 8.16. The summed E-state index contributed by atoms with van der Waals surface area (Å²) in [6.45, 7) is 5.96. The van der Waals surface area contributed by atoms with Gasteiger partial charge in [0.25, 0.3) is 0 Å². The molecule has 0 saturated carbocycles. The molecule has 2 aromatic rings. The molecule has 0 radical (unpaired) electrons. The number of rotatable bonds is 3. The number of benzene rings is 2. The van der Waals surface area contributed by atoms with Crippen molar-refractivity contribution in [3.8, 4) is 0 Å². The third-order valence-corrected chi connectivity index (χ3v) is 5.02. The van der Waals surface area contributed by atoms with Gasteiger partial charge in [0.15, 0.2) is 0 Å². The zero-order chi connectivity index (χ0) is 15.6. The molecule has 3 rings (SSSR count). The van der Waals surface area contributed by atoms with Crippen LogP contribution in [0.2, 0.25) is 0 Å². The minimum Gasteiger partial charge on any atom is -0.388 e. The van der Waals surface area contributed by atoms with Crippen LogP contribution in [0.25, 0.3) is 0 Å². The second kappa shape index (κ2) is 6.23. The molecule has 0 amide bonds. The third kappa shape index (κ3) is 2.81. The summed E-state index contributed by atoms with van der Waals surface area (Å²) in [5.74, 6) is 0.0152. The van der Waals surface area contributed by atoms with E-state index in [9.17, 15) is 5.11 Å². The highest BCUT2D eigenvalue weighted by atomic mass is 16.3. The summed E-state index contributed by atoms with van der Waals surface area (Å²) >= 11 is 0. The van der Waals surface area contributed by atoms with Crippen LogP contribution in [0, 0.1) is 13.8 Å². The quantitative estimate of drug-likeness (QED) is 0.907. The number of aliphatic hydroxyl groups is 1. The molecule has 2 nitrogen and oxygen atoms in total. The topological polar surface area (TPSA) is 32.3 Å². The molecule has 0 aliphatic carbocycles. The molecule has 1 aliphatic heterocycles. The van der Waals surface area contributed by atoms with E-state index in [1.54, 1.807) is 0 Å². The normalized spacial score (nSPS) is 23.2. The summed E-state index contributed by atoms with van der Waals surface area (Å²) in [7, 11) is 0. The molecule has 1 aliphatic rings. The molecule has 22 heavy (non-hydrogen) atoms. The van der Waals surface area contributed by atoms with Crippen LogP contribution in [-0.2, 0) is 0 Å². The van der Waals surface area contributed by atoms with Gasteiger partial charge in [-0.1, -0.05) is 48.5 Å². The molecule has 116 valence electrons. The molecule has 0 spiro atoms. The van der Waals surface area contributed by atoms with Gasteiger partial charge in [-0.05, 0) is 55.5 Å². The summed E-state index contributed by atoms with van der Waals surface area (Å²) in [5.41, 5.74) is 4.29. The predicted octanol–water partition coefficient (Wildman–Crippen LogP) is 3.55. The maximum atomic E-state index is 11.4. The fourth-order valence-corrected chi connectivity index (χ4v) is 3.67. The summed E-state index contributed by atoms with van der Waals surface area (Å²) in [6.07, 6.45) is 1.86. The lowest BCUT2D eigenvalue weighted by Crippen LogP contribution is -2.50. The van der Waals surface area contributed by atoms with Crippen molar-refractivity contribution in [2.24, 2.45) is 0 Å². The molecular formula is C20H25NO. The van der Waals surface area contributed by atoms with E-state index in [4.69, 9.17) is 0 Å². The van der Waals surface area contributed by atoms with Gasteiger partial charge in [-0.15, -0.1) is 0 Å². The Kier molecular flexibility index (Phi) is 4.32. The van der Waals surface area contributed by atoms with Gasteiger partial charge < -0.3 is 10.4 Å². The molecule has 2 atom stereocenters. The van der Waals surface area contributed by atoms with Gasteiger partial charge in [-0.2, -0.15) is 0 Å². The van der Waals surface area contributed by atoms with Crippen LogP contribution in [0.15, 0.2) is 48.5 Å². The molecule has 2 aromatic carbocycles. The van der Waals surface area contributed by atoms with E-state index in [1.165, 1.54) is 22.3 Å². The molecule has 1 heterocycles. The summed E-state index contributed by atoms with van der Waals surface area (Å²) in [5, 5.41) is 14.8.